The van der Waals surface area contributed by atoms with Crippen LogP contribution in [-0.2, 0) is 20.7 Å². The minimum Gasteiger partial charge on any atom is -0.507 e. The number of phenolic OH excluding ortho intramolecular Hbond substituents is 2. The summed E-state index contributed by atoms with van der Waals surface area (Å²) in [6, 6.07) is 3.68. The molecule has 6 atom stereocenters. The van der Waals surface area contributed by atoms with Gasteiger partial charge in [-0.05, 0) is 13.0 Å². The number of aliphatic hydroxyl groups excluding tert-OH is 2. The Kier molecular flexibility index (Phi) is 8.07. The van der Waals surface area contributed by atoms with Crippen molar-refractivity contribution in [2.75, 3.05) is 13.7 Å². The van der Waals surface area contributed by atoms with E-state index in [0.29, 0.717) is 0 Å². The van der Waals surface area contributed by atoms with Gasteiger partial charge in [0.15, 0.2) is 12.1 Å². The summed E-state index contributed by atoms with van der Waals surface area (Å²) in [5.41, 5.74) is 2.90. The zero-order chi connectivity index (χ0) is 31.4. The molecular formula is C30H34N2O11. The number of nitrogens with one attached hydrogen (secondary N) is 1. The molecule has 0 saturated carbocycles. The van der Waals surface area contributed by atoms with E-state index < -0.39 is 89.4 Å². The van der Waals surface area contributed by atoms with Crippen LogP contribution in [0.2, 0.25) is 0 Å². The number of nitrogens with two attached hydrogens (primary N) is 1. The Balaban J connectivity index is 1.70. The van der Waals surface area contributed by atoms with Crippen LogP contribution in [0.1, 0.15) is 75.8 Å². The predicted octanol–water partition coefficient (Wildman–Crippen LogP) is 0.452. The third kappa shape index (κ3) is 5.07. The van der Waals surface area contributed by atoms with E-state index in [0.717, 1.165) is 6.20 Å². The molecule has 0 radical (unpaired) electrons. The zero-order valence-electron chi connectivity index (χ0n) is 23.8. The molecule has 2 aliphatic carbocycles. The highest BCUT2D eigenvalue weighted by molar-refractivity contribution is 6.31. The number of aliphatic hydroxyl groups is 3. The molecule has 0 spiro atoms. The molecule has 6 unspecified atom stereocenters. The van der Waals surface area contributed by atoms with E-state index in [1.807, 2.05) is 0 Å². The lowest BCUT2D eigenvalue weighted by Gasteiger charge is -2.43. The first-order chi connectivity index (χ1) is 20.3. The lowest BCUT2D eigenvalue weighted by atomic mass is 9.71. The van der Waals surface area contributed by atoms with Crippen molar-refractivity contribution in [1.82, 2.24) is 5.32 Å². The fourth-order valence-corrected chi connectivity index (χ4v) is 6.15. The van der Waals surface area contributed by atoms with Gasteiger partial charge in [-0.3, -0.25) is 14.4 Å². The number of carbonyl (C=O) groups is 3. The third-order valence-electron chi connectivity index (χ3n) is 8.36. The number of aromatic hydroxyl groups is 2. The Morgan fingerprint density at radius 1 is 1.19 bits per heavy atom. The molecule has 1 aliphatic heterocycles. The largest absolute Gasteiger partial charge is 0.507 e. The number of hydrogen-bond acceptors (Lipinski definition) is 12. The highest BCUT2D eigenvalue weighted by Crippen LogP contribution is 2.53. The summed E-state index contributed by atoms with van der Waals surface area (Å²) in [5, 5.41) is 57.9. The number of benzene rings is 2. The number of methoxy groups -OCH3 is 1. The van der Waals surface area contributed by atoms with Crippen molar-refractivity contribution < 1.29 is 54.1 Å². The number of carbonyl (C=O) groups excluding carboxylic acids is 3. The van der Waals surface area contributed by atoms with E-state index in [-0.39, 0.29) is 46.4 Å². The monoisotopic (exact) mass is 598 g/mol. The summed E-state index contributed by atoms with van der Waals surface area (Å²) in [6.07, 6.45) is -3.59. The number of hydrogen-bond donors (Lipinski definition) is 7. The van der Waals surface area contributed by atoms with Crippen LogP contribution in [0.15, 0.2) is 30.0 Å². The second-order valence-electron chi connectivity index (χ2n) is 11.1. The van der Waals surface area contributed by atoms with E-state index in [2.05, 4.69) is 5.32 Å². The summed E-state index contributed by atoms with van der Waals surface area (Å²) in [5.74, 6) is -3.15. The topological polar surface area (TPSA) is 218 Å². The predicted molar refractivity (Wildman–Crippen MR) is 149 cm³/mol. The van der Waals surface area contributed by atoms with Gasteiger partial charge in [-0.1, -0.05) is 12.1 Å². The normalized spacial score (nSPS) is 28.5. The molecule has 0 aromatic heterocycles. The molecule has 3 aliphatic rings. The second-order valence-corrected chi connectivity index (χ2v) is 11.1. The van der Waals surface area contributed by atoms with E-state index >= 15 is 0 Å². The molecule has 2 aromatic carbocycles. The van der Waals surface area contributed by atoms with E-state index in [4.69, 9.17) is 19.9 Å². The van der Waals surface area contributed by atoms with Crippen LogP contribution in [0.3, 0.4) is 0 Å². The van der Waals surface area contributed by atoms with Gasteiger partial charge >= 0.3 is 0 Å². The van der Waals surface area contributed by atoms with Crippen molar-refractivity contribution in [3.05, 3.63) is 63.4 Å². The zero-order valence-corrected chi connectivity index (χ0v) is 23.8. The maximum atomic E-state index is 13.8. The molecule has 2 aromatic rings. The first-order valence-electron chi connectivity index (χ1n) is 13.7. The minimum absolute atomic E-state index is 0.0318. The van der Waals surface area contributed by atoms with Gasteiger partial charge in [-0.15, -0.1) is 0 Å². The number of rotatable bonds is 6. The molecule has 1 heterocycles. The van der Waals surface area contributed by atoms with Crippen LogP contribution in [0.5, 0.6) is 17.2 Å². The van der Waals surface area contributed by atoms with Crippen molar-refractivity contribution in [2.45, 2.75) is 69.4 Å². The van der Waals surface area contributed by atoms with Crippen molar-refractivity contribution >= 4 is 17.5 Å². The van der Waals surface area contributed by atoms with E-state index in [1.54, 1.807) is 6.92 Å². The van der Waals surface area contributed by atoms with Gasteiger partial charge in [0.1, 0.15) is 17.2 Å². The average molecular weight is 599 g/mol. The van der Waals surface area contributed by atoms with Gasteiger partial charge in [0.25, 0.3) is 0 Å². The number of fused-ring (bicyclic) bond motifs is 3. The average Bonchev–Trinajstić information content (AvgIpc) is 2.95. The van der Waals surface area contributed by atoms with Gasteiger partial charge < -0.3 is 50.8 Å². The SMILES string of the molecule is COc1cccc2c1C(=O)c1c(O)c3c(c(O)c1C2=O)CC(O)(/C(=C\NC(C)=O)CO)CC3OC1CC(N)C(O)C(C)O1. The van der Waals surface area contributed by atoms with Crippen LogP contribution in [0.4, 0.5) is 0 Å². The van der Waals surface area contributed by atoms with E-state index in [9.17, 15) is 39.9 Å². The highest BCUT2D eigenvalue weighted by atomic mass is 16.7. The first-order valence-corrected chi connectivity index (χ1v) is 13.7. The molecule has 0 bridgehead atoms. The molecule has 230 valence electrons. The molecule has 43 heavy (non-hydrogen) atoms. The Bertz CT molecular complexity index is 1520. The molecule has 1 fully saturated rings. The van der Waals surface area contributed by atoms with Gasteiger partial charge in [0.2, 0.25) is 11.7 Å². The Labute approximate surface area is 246 Å². The molecule has 1 amide bonds. The number of amides is 1. The Morgan fingerprint density at radius 2 is 1.88 bits per heavy atom. The molecule has 1 saturated heterocycles. The fourth-order valence-electron chi connectivity index (χ4n) is 6.15. The lowest BCUT2D eigenvalue weighted by molar-refractivity contribution is -0.246. The van der Waals surface area contributed by atoms with Gasteiger partial charge in [0, 0.05) is 60.7 Å². The maximum Gasteiger partial charge on any atom is 0.220 e. The van der Waals surface area contributed by atoms with Crippen molar-refractivity contribution in [3.63, 3.8) is 0 Å². The second kappa shape index (κ2) is 11.3. The van der Waals surface area contributed by atoms with Gasteiger partial charge in [-0.25, -0.2) is 0 Å². The molecular weight excluding hydrogens is 564 g/mol. The first kappa shape index (κ1) is 30.6. The quantitative estimate of drug-likeness (QED) is 0.192. The van der Waals surface area contributed by atoms with Crippen LogP contribution in [0, 0.1) is 0 Å². The van der Waals surface area contributed by atoms with Crippen LogP contribution < -0.4 is 15.8 Å². The molecule has 5 rings (SSSR count). The molecule has 8 N–H and O–H groups in total. The standard InChI is InChI=1S/C30H34N2O11/c1-12-25(35)17(31)7-20(42-12)43-19-9-30(40,14(11-33)10-32-13(2)34)8-16-22(19)29(39)24-23(27(16)37)26(36)15-5-4-6-18(41-3)21(15)28(24)38/h4-6,10,12,17,19-20,25,33,35,37,39-40H,7-9,11,31H2,1-3H3,(H,32,34)/b14-10-. The maximum absolute atomic E-state index is 13.8. The number of ether oxygens (including phenoxy) is 3. The van der Waals surface area contributed by atoms with Crippen molar-refractivity contribution in [2.24, 2.45) is 5.73 Å². The molecule has 13 heteroatoms. The highest BCUT2D eigenvalue weighted by Gasteiger charge is 2.49. The van der Waals surface area contributed by atoms with Crippen molar-refractivity contribution in [3.8, 4) is 17.2 Å². The smallest absolute Gasteiger partial charge is 0.220 e. The van der Waals surface area contributed by atoms with Crippen LogP contribution >= 0.6 is 0 Å². The molecule has 13 nitrogen and oxygen atoms in total. The fraction of sp³-hybridized carbons (Fsp3) is 0.433. The summed E-state index contributed by atoms with van der Waals surface area (Å²) < 4.78 is 17.3. The summed E-state index contributed by atoms with van der Waals surface area (Å²) in [4.78, 5) is 39.1. The summed E-state index contributed by atoms with van der Waals surface area (Å²) in [7, 11) is 1.33. The summed E-state index contributed by atoms with van der Waals surface area (Å²) in [6.45, 7) is 2.14. The Hall–Kier alpha value is -3.85. The van der Waals surface area contributed by atoms with Gasteiger partial charge in [0.05, 0.1) is 54.3 Å². The Morgan fingerprint density at radius 3 is 2.51 bits per heavy atom. The van der Waals surface area contributed by atoms with Crippen LogP contribution in [0.25, 0.3) is 0 Å². The lowest BCUT2D eigenvalue weighted by Crippen LogP contribution is -2.52. The van der Waals surface area contributed by atoms with Crippen LogP contribution in [-0.4, -0.2) is 86.9 Å². The number of phenols is 2. The minimum atomic E-state index is -1.96. The van der Waals surface area contributed by atoms with Crippen molar-refractivity contribution in [1.29, 1.82) is 0 Å². The van der Waals surface area contributed by atoms with E-state index in [1.165, 1.54) is 32.2 Å². The van der Waals surface area contributed by atoms with Gasteiger partial charge in [-0.2, -0.15) is 0 Å². The summed E-state index contributed by atoms with van der Waals surface area (Å²) >= 11 is 0. The third-order valence-corrected chi connectivity index (χ3v) is 8.36. The number of ketones is 2.